The van der Waals surface area contributed by atoms with Gasteiger partial charge in [-0.05, 0) is 18.2 Å². The topological polar surface area (TPSA) is 57.7 Å². The minimum atomic E-state index is -1.21. The van der Waals surface area contributed by atoms with Gasteiger partial charge in [0.05, 0.1) is 11.4 Å². The van der Waals surface area contributed by atoms with E-state index in [0.717, 1.165) is 0 Å². The molecule has 24 heavy (non-hydrogen) atoms. The molecular formula is C18H14N2O3S. The lowest BCUT2D eigenvalue weighted by molar-refractivity contribution is -0.128. The zero-order valence-electron chi connectivity index (χ0n) is 12.9. The fourth-order valence-corrected chi connectivity index (χ4v) is 4.71. The maximum Gasteiger partial charge on any atom is 0.275 e. The van der Waals surface area contributed by atoms with Gasteiger partial charge in [0, 0.05) is 18.2 Å². The molecule has 120 valence electrons. The zero-order chi connectivity index (χ0) is 16.9. The minimum absolute atomic E-state index is 0.139. The summed E-state index contributed by atoms with van der Waals surface area (Å²) in [6, 6.07) is 16.3. The number of nitrogens with zero attached hydrogens (tertiary/aromatic N) is 2. The molecule has 1 spiro atoms. The number of benzene rings is 2. The predicted molar refractivity (Wildman–Crippen MR) is 92.7 cm³/mol. The number of carbonyl (C=O) groups is 3. The van der Waals surface area contributed by atoms with Crippen LogP contribution in [-0.4, -0.2) is 23.5 Å². The molecule has 2 heterocycles. The van der Waals surface area contributed by atoms with Crippen LogP contribution in [0.5, 0.6) is 0 Å². The van der Waals surface area contributed by atoms with Crippen molar-refractivity contribution in [1.29, 1.82) is 0 Å². The smallest absolute Gasteiger partial charge is 0.275 e. The van der Waals surface area contributed by atoms with E-state index in [4.69, 9.17) is 0 Å². The molecule has 5 nitrogen and oxygen atoms in total. The first-order valence-corrected chi connectivity index (χ1v) is 8.52. The van der Waals surface area contributed by atoms with E-state index in [1.165, 1.54) is 28.5 Å². The molecule has 1 saturated heterocycles. The standard InChI is InChI=1S/C18H14N2O3S/c1-12(21)19-15-10-6-5-9-14(15)18(17(19)23)20(16(22)11-24-18)13-7-3-2-4-8-13/h2-10H,11H2,1H3/t18-/m0/s1. The Morgan fingerprint density at radius 1 is 1.04 bits per heavy atom. The Labute approximate surface area is 143 Å². The van der Waals surface area contributed by atoms with Crippen LogP contribution >= 0.6 is 11.8 Å². The van der Waals surface area contributed by atoms with Crippen molar-refractivity contribution in [3.8, 4) is 0 Å². The van der Waals surface area contributed by atoms with Gasteiger partial charge in [-0.1, -0.05) is 36.4 Å². The van der Waals surface area contributed by atoms with Crippen LogP contribution < -0.4 is 9.80 Å². The first-order chi connectivity index (χ1) is 11.6. The molecule has 0 bridgehead atoms. The van der Waals surface area contributed by atoms with E-state index in [2.05, 4.69) is 0 Å². The molecular weight excluding hydrogens is 324 g/mol. The van der Waals surface area contributed by atoms with Crippen molar-refractivity contribution in [2.24, 2.45) is 0 Å². The maximum atomic E-state index is 13.2. The second-order valence-corrected chi connectivity index (χ2v) is 6.84. The highest BCUT2D eigenvalue weighted by Gasteiger charge is 2.61. The molecule has 4 rings (SSSR count). The zero-order valence-corrected chi connectivity index (χ0v) is 13.7. The molecule has 1 atom stereocenters. The van der Waals surface area contributed by atoms with Gasteiger partial charge in [0.1, 0.15) is 0 Å². The minimum Gasteiger partial charge on any atom is -0.283 e. The molecule has 0 unspecified atom stereocenters. The SMILES string of the molecule is CC(=O)N1C(=O)[C@@]2(SCC(=O)N2c2ccccc2)c2ccccc21. The third kappa shape index (κ3) is 1.80. The van der Waals surface area contributed by atoms with Crippen LogP contribution in [0.4, 0.5) is 11.4 Å². The molecule has 0 aliphatic carbocycles. The highest BCUT2D eigenvalue weighted by molar-refractivity contribution is 8.02. The van der Waals surface area contributed by atoms with E-state index in [1.54, 1.807) is 24.3 Å². The van der Waals surface area contributed by atoms with E-state index >= 15 is 0 Å². The molecule has 2 aliphatic heterocycles. The Morgan fingerprint density at radius 3 is 2.42 bits per heavy atom. The van der Waals surface area contributed by atoms with Gasteiger partial charge in [0.2, 0.25) is 16.7 Å². The van der Waals surface area contributed by atoms with Gasteiger partial charge in [-0.15, -0.1) is 11.8 Å². The molecule has 1 fully saturated rings. The number of para-hydroxylation sites is 2. The van der Waals surface area contributed by atoms with E-state index in [9.17, 15) is 14.4 Å². The Kier molecular flexibility index (Phi) is 3.25. The second kappa shape index (κ2) is 5.21. The monoisotopic (exact) mass is 338 g/mol. The Bertz CT molecular complexity index is 868. The van der Waals surface area contributed by atoms with Crippen molar-refractivity contribution in [3.05, 3.63) is 60.2 Å². The van der Waals surface area contributed by atoms with E-state index in [-0.39, 0.29) is 23.5 Å². The molecule has 2 aromatic carbocycles. The molecule has 2 aliphatic rings. The maximum absolute atomic E-state index is 13.2. The molecule has 0 radical (unpaired) electrons. The molecule has 2 aromatic rings. The Balaban J connectivity index is 1.98. The number of amides is 3. The average molecular weight is 338 g/mol. The Hall–Kier alpha value is -2.60. The molecule has 6 heteroatoms. The number of rotatable bonds is 1. The summed E-state index contributed by atoms with van der Waals surface area (Å²) in [7, 11) is 0. The van der Waals surface area contributed by atoms with Gasteiger partial charge >= 0.3 is 0 Å². The summed E-state index contributed by atoms with van der Waals surface area (Å²) in [5, 5.41) is 0. The third-order valence-electron chi connectivity index (χ3n) is 4.30. The van der Waals surface area contributed by atoms with Crippen molar-refractivity contribution in [2.45, 2.75) is 11.8 Å². The highest BCUT2D eigenvalue weighted by atomic mass is 32.2. The number of hydrogen-bond donors (Lipinski definition) is 0. The summed E-state index contributed by atoms with van der Waals surface area (Å²) in [6.45, 7) is 1.36. The number of hydrogen-bond acceptors (Lipinski definition) is 4. The fourth-order valence-electron chi connectivity index (χ4n) is 3.37. The molecule has 3 amide bonds. The number of carbonyl (C=O) groups excluding carboxylic acids is 3. The second-order valence-electron chi connectivity index (χ2n) is 5.67. The summed E-state index contributed by atoms with van der Waals surface area (Å²) < 4.78 is 0. The predicted octanol–water partition coefficient (Wildman–Crippen LogP) is 2.51. The van der Waals surface area contributed by atoms with E-state index in [0.29, 0.717) is 16.9 Å². The first-order valence-electron chi connectivity index (χ1n) is 7.54. The number of thioether (sulfide) groups is 1. The lowest BCUT2D eigenvalue weighted by atomic mass is 10.0. The fraction of sp³-hybridized carbons (Fsp3) is 0.167. The van der Waals surface area contributed by atoms with Crippen LogP contribution in [0.15, 0.2) is 54.6 Å². The van der Waals surface area contributed by atoms with Gasteiger partial charge < -0.3 is 0 Å². The summed E-state index contributed by atoms with van der Waals surface area (Å²) >= 11 is 1.27. The summed E-state index contributed by atoms with van der Waals surface area (Å²) in [5.74, 6) is -0.672. The van der Waals surface area contributed by atoms with E-state index in [1.807, 2.05) is 30.3 Å². The largest absolute Gasteiger partial charge is 0.283 e. The first kappa shape index (κ1) is 15.0. The number of imide groups is 1. The van der Waals surface area contributed by atoms with Crippen molar-refractivity contribution in [1.82, 2.24) is 0 Å². The highest BCUT2D eigenvalue weighted by Crippen LogP contribution is 2.55. The molecule has 0 aromatic heterocycles. The van der Waals surface area contributed by atoms with Crippen LogP contribution in [0.25, 0.3) is 0 Å². The van der Waals surface area contributed by atoms with Crippen molar-refractivity contribution in [3.63, 3.8) is 0 Å². The van der Waals surface area contributed by atoms with Crippen molar-refractivity contribution >= 4 is 40.9 Å². The lowest BCUT2D eigenvalue weighted by Crippen LogP contribution is -2.50. The van der Waals surface area contributed by atoms with Gasteiger partial charge in [0.25, 0.3) is 5.91 Å². The summed E-state index contributed by atoms with van der Waals surface area (Å²) in [5.41, 5.74) is 1.89. The Morgan fingerprint density at radius 2 is 1.71 bits per heavy atom. The van der Waals surface area contributed by atoms with Crippen LogP contribution in [0.2, 0.25) is 0 Å². The normalized spacial score (nSPS) is 22.4. The number of fused-ring (bicyclic) bond motifs is 2. The van der Waals surface area contributed by atoms with Crippen molar-refractivity contribution in [2.75, 3.05) is 15.6 Å². The average Bonchev–Trinajstić information content (AvgIpc) is 3.05. The van der Waals surface area contributed by atoms with Crippen LogP contribution in [0, 0.1) is 0 Å². The van der Waals surface area contributed by atoms with Crippen molar-refractivity contribution < 1.29 is 14.4 Å². The van der Waals surface area contributed by atoms with Crippen LogP contribution in [0.1, 0.15) is 12.5 Å². The summed E-state index contributed by atoms with van der Waals surface area (Å²) in [6.07, 6.45) is 0. The van der Waals surface area contributed by atoms with Gasteiger partial charge in [0.15, 0.2) is 0 Å². The molecule has 0 saturated carbocycles. The van der Waals surface area contributed by atoms with Gasteiger partial charge in [-0.2, -0.15) is 0 Å². The quantitative estimate of drug-likeness (QED) is 0.802. The number of anilines is 2. The third-order valence-corrected chi connectivity index (χ3v) is 5.69. The lowest BCUT2D eigenvalue weighted by Gasteiger charge is -2.32. The summed E-state index contributed by atoms with van der Waals surface area (Å²) in [4.78, 5) is 39.4. The van der Waals surface area contributed by atoms with Gasteiger partial charge in [-0.3, -0.25) is 19.3 Å². The van der Waals surface area contributed by atoms with Crippen LogP contribution in [-0.2, 0) is 19.3 Å². The van der Waals surface area contributed by atoms with Crippen LogP contribution in [0.3, 0.4) is 0 Å². The molecule has 0 N–H and O–H groups in total. The van der Waals surface area contributed by atoms with E-state index < -0.39 is 4.87 Å². The van der Waals surface area contributed by atoms with Gasteiger partial charge in [-0.25, -0.2) is 4.90 Å².